The van der Waals surface area contributed by atoms with E-state index in [9.17, 15) is 24.6 Å². The van der Waals surface area contributed by atoms with E-state index in [2.05, 4.69) is 0 Å². The Morgan fingerprint density at radius 1 is 1.00 bits per heavy atom. The van der Waals surface area contributed by atoms with E-state index in [-0.39, 0.29) is 0 Å². The largest absolute Gasteiger partial charge is 0.459 e. The van der Waals surface area contributed by atoms with Crippen molar-refractivity contribution in [3.63, 3.8) is 0 Å². The van der Waals surface area contributed by atoms with Gasteiger partial charge in [-0.25, -0.2) is 4.79 Å². The van der Waals surface area contributed by atoms with Crippen molar-refractivity contribution in [2.24, 2.45) is 0 Å². The average molecular weight is 368 g/mol. The number of ether oxygens (including phenoxy) is 4. The van der Waals surface area contributed by atoms with Crippen molar-refractivity contribution in [1.82, 2.24) is 0 Å². The summed E-state index contributed by atoms with van der Waals surface area (Å²) in [6, 6.07) is 8.15. The van der Waals surface area contributed by atoms with E-state index in [0.29, 0.717) is 5.56 Å². The van der Waals surface area contributed by atoms with Gasteiger partial charge in [-0.15, -0.1) is 0 Å². The summed E-state index contributed by atoms with van der Waals surface area (Å²) in [5.41, 5.74) is 0.299. The minimum absolute atomic E-state index is 0.299. The summed E-state index contributed by atoms with van der Waals surface area (Å²) >= 11 is 0. The highest BCUT2D eigenvalue weighted by atomic mass is 16.7. The molecule has 1 aliphatic heterocycles. The van der Waals surface area contributed by atoms with Crippen LogP contribution in [0.5, 0.6) is 0 Å². The smallest absolute Gasteiger partial charge is 0.338 e. The van der Waals surface area contributed by atoms with Crippen LogP contribution in [0.15, 0.2) is 30.3 Å². The van der Waals surface area contributed by atoms with Crippen molar-refractivity contribution in [1.29, 1.82) is 0 Å². The highest BCUT2D eigenvalue weighted by Gasteiger charge is 2.49. The fourth-order valence-corrected chi connectivity index (χ4v) is 2.50. The molecule has 0 unspecified atom stereocenters. The zero-order valence-corrected chi connectivity index (χ0v) is 14.2. The number of benzene rings is 1. The molecule has 0 aromatic heterocycles. The standard InChI is InChI=1S/C17H20O9/c1-9(18)24-14-13(20)12(26-17(22)15(14)25-10(2)19)8-23-16(21)11-6-4-3-5-7-11/h3-7,12-15,17,20,22H,8H2,1-2H3/t12-,13+,14+,15-,17+/m1/s1. The Morgan fingerprint density at radius 2 is 1.58 bits per heavy atom. The second-order valence-corrected chi connectivity index (χ2v) is 5.67. The maximum Gasteiger partial charge on any atom is 0.338 e. The molecule has 0 bridgehead atoms. The van der Waals surface area contributed by atoms with Gasteiger partial charge in [-0.3, -0.25) is 9.59 Å². The Kier molecular flexibility index (Phi) is 6.67. The van der Waals surface area contributed by atoms with E-state index >= 15 is 0 Å². The molecule has 9 heteroatoms. The number of aliphatic hydroxyl groups excluding tert-OH is 2. The molecular formula is C17H20O9. The molecule has 1 fully saturated rings. The van der Waals surface area contributed by atoms with Crippen molar-refractivity contribution in [2.45, 2.75) is 44.6 Å². The van der Waals surface area contributed by atoms with Crippen LogP contribution < -0.4 is 0 Å². The molecule has 1 aliphatic rings. The Labute approximate surface area is 149 Å². The summed E-state index contributed by atoms with van der Waals surface area (Å²) in [5.74, 6) is -2.15. The van der Waals surface area contributed by atoms with Crippen LogP contribution in [-0.4, -0.2) is 65.4 Å². The molecule has 0 radical (unpaired) electrons. The minimum atomic E-state index is -1.67. The third-order valence-electron chi connectivity index (χ3n) is 3.63. The van der Waals surface area contributed by atoms with Crippen molar-refractivity contribution >= 4 is 17.9 Å². The number of carbonyl (C=O) groups is 3. The van der Waals surface area contributed by atoms with Crippen LogP contribution in [0, 0.1) is 0 Å². The lowest BCUT2D eigenvalue weighted by atomic mass is 9.98. The van der Waals surface area contributed by atoms with Crippen LogP contribution in [0.25, 0.3) is 0 Å². The Bertz CT molecular complexity index is 645. The summed E-state index contributed by atoms with van der Waals surface area (Å²) in [4.78, 5) is 34.4. The van der Waals surface area contributed by atoms with Crippen LogP contribution in [-0.2, 0) is 28.5 Å². The Morgan fingerprint density at radius 3 is 2.15 bits per heavy atom. The van der Waals surface area contributed by atoms with Gasteiger partial charge in [0.05, 0.1) is 5.56 Å². The van der Waals surface area contributed by atoms with Crippen molar-refractivity contribution < 1.29 is 43.5 Å². The predicted octanol–water partition coefficient (Wildman–Crippen LogP) is -0.215. The van der Waals surface area contributed by atoms with E-state index in [1.54, 1.807) is 30.3 Å². The molecule has 1 saturated heterocycles. The van der Waals surface area contributed by atoms with Gasteiger partial charge in [0, 0.05) is 13.8 Å². The summed E-state index contributed by atoms with van der Waals surface area (Å²) in [7, 11) is 0. The first-order valence-corrected chi connectivity index (χ1v) is 7.87. The van der Waals surface area contributed by atoms with Crippen molar-refractivity contribution in [2.75, 3.05) is 6.61 Å². The van der Waals surface area contributed by atoms with Gasteiger partial charge in [-0.1, -0.05) is 18.2 Å². The molecule has 1 heterocycles. The molecule has 1 aromatic carbocycles. The predicted molar refractivity (Wildman–Crippen MR) is 84.7 cm³/mol. The number of aliphatic hydroxyl groups is 2. The van der Waals surface area contributed by atoms with Gasteiger partial charge in [0.25, 0.3) is 0 Å². The minimum Gasteiger partial charge on any atom is -0.459 e. The van der Waals surface area contributed by atoms with E-state index in [0.717, 1.165) is 13.8 Å². The highest BCUT2D eigenvalue weighted by Crippen LogP contribution is 2.25. The van der Waals surface area contributed by atoms with Gasteiger partial charge in [-0.2, -0.15) is 0 Å². The van der Waals surface area contributed by atoms with Crippen molar-refractivity contribution in [3.05, 3.63) is 35.9 Å². The van der Waals surface area contributed by atoms with Crippen LogP contribution in [0.2, 0.25) is 0 Å². The lowest BCUT2D eigenvalue weighted by Gasteiger charge is -2.41. The second kappa shape index (κ2) is 8.75. The molecule has 0 aliphatic carbocycles. The summed E-state index contributed by atoms with van der Waals surface area (Å²) in [6.07, 6.45) is -7.14. The third-order valence-corrected chi connectivity index (χ3v) is 3.63. The normalized spacial score (nSPS) is 28.1. The monoisotopic (exact) mass is 368 g/mol. The fraction of sp³-hybridized carbons (Fsp3) is 0.471. The van der Waals surface area contributed by atoms with E-state index in [1.165, 1.54) is 0 Å². The molecule has 2 rings (SSSR count). The Balaban J connectivity index is 2.06. The first-order valence-electron chi connectivity index (χ1n) is 7.87. The molecule has 5 atom stereocenters. The number of rotatable bonds is 5. The van der Waals surface area contributed by atoms with E-state index in [4.69, 9.17) is 18.9 Å². The van der Waals surface area contributed by atoms with Gasteiger partial charge in [0.15, 0.2) is 18.5 Å². The quantitative estimate of drug-likeness (QED) is 0.535. The maximum absolute atomic E-state index is 12.0. The second-order valence-electron chi connectivity index (χ2n) is 5.67. The first-order chi connectivity index (χ1) is 12.3. The first kappa shape index (κ1) is 19.8. The number of hydrogen-bond acceptors (Lipinski definition) is 9. The Hall–Kier alpha value is -2.49. The van der Waals surface area contributed by atoms with E-state index in [1.807, 2.05) is 0 Å². The lowest BCUT2D eigenvalue weighted by molar-refractivity contribution is -0.292. The average Bonchev–Trinajstić information content (AvgIpc) is 2.59. The molecule has 9 nitrogen and oxygen atoms in total. The fourth-order valence-electron chi connectivity index (χ4n) is 2.50. The zero-order valence-electron chi connectivity index (χ0n) is 14.2. The van der Waals surface area contributed by atoms with E-state index < -0.39 is 55.2 Å². The van der Waals surface area contributed by atoms with Crippen LogP contribution in [0.4, 0.5) is 0 Å². The molecule has 0 spiro atoms. The molecule has 1 aromatic rings. The number of hydrogen-bond donors (Lipinski definition) is 2. The zero-order chi connectivity index (χ0) is 19.3. The summed E-state index contributed by atoms with van der Waals surface area (Å²) in [6.45, 7) is 1.79. The summed E-state index contributed by atoms with van der Waals surface area (Å²) in [5, 5.41) is 20.4. The van der Waals surface area contributed by atoms with Gasteiger partial charge in [0.2, 0.25) is 0 Å². The number of esters is 3. The van der Waals surface area contributed by atoms with Crippen LogP contribution in [0.1, 0.15) is 24.2 Å². The number of carbonyl (C=O) groups excluding carboxylic acids is 3. The summed E-state index contributed by atoms with van der Waals surface area (Å²) < 4.78 is 20.1. The molecule has 2 N–H and O–H groups in total. The SMILES string of the molecule is CC(=O)O[C@@H]1[C@@H](OC(C)=O)[C@@H](O)[C@@H](COC(=O)c2ccccc2)O[C@@H]1O. The molecular weight excluding hydrogens is 348 g/mol. The highest BCUT2D eigenvalue weighted by molar-refractivity contribution is 5.89. The van der Waals surface area contributed by atoms with Gasteiger partial charge < -0.3 is 29.2 Å². The van der Waals surface area contributed by atoms with Gasteiger partial charge in [0.1, 0.15) is 18.8 Å². The van der Waals surface area contributed by atoms with Crippen LogP contribution >= 0.6 is 0 Å². The van der Waals surface area contributed by atoms with Crippen LogP contribution in [0.3, 0.4) is 0 Å². The van der Waals surface area contributed by atoms with Gasteiger partial charge in [-0.05, 0) is 12.1 Å². The maximum atomic E-state index is 12.0. The van der Waals surface area contributed by atoms with Gasteiger partial charge >= 0.3 is 17.9 Å². The molecule has 0 amide bonds. The van der Waals surface area contributed by atoms with Crippen molar-refractivity contribution in [3.8, 4) is 0 Å². The lowest BCUT2D eigenvalue weighted by Crippen LogP contribution is -2.61. The molecule has 0 saturated carbocycles. The molecule has 142 valence electrons. The topological polar surface area (TPSA) is 129 Å². The third kappa shape index (κ3) is 5.01. The molecule has 26 heavy (non-hydrogen) atoms.